The third kappa shape index (κ3) is 5.02. The number of halogens is 1. The van der Waals surface area contributed by atoms with Crippen LogP contribution in [0, 0.1) is 0 Å². The van der Waals surface area contributed by atoms with Crippen LogP contribution in [0.3, 0.4) is 0 Å². The highest BCUT2D eigenvalue weighted by molar-refractivity contribution is 14.2. The van der Waals surface area contributed by atoms with Crippen LogP contribution in [-0.2, 0) is 7.05 Å². The number of pyridine rings is 2. The van der Waals surface area contributed by atoms with E-state index in [1.165, 1.54) is 27.5 Å². The fraction of sp³-hybridized carbons (Fsp3) is 0.455. The molecule has 0 unspecified atom stereocenters. The molecule has 1 fully saturated rings. The highest BCUT2D eigenvalue weighted by Gasteiger charge is 2.29. The number of hydrogen-bond donors (Lipinski definition) is 1. The Kier molecular flexibility index (Phi) is 7.50. The quantitative estimate of drug-likeness (QED) is 0.271. The Labute approximate surface area is 199 Å². The Morgan fingerprint density at radius 1 is 1.20 bits per heavy atom. The van der Waals surface area contributed by atoms with Gasteiger partial charge in [-0.15, -0.1) is 0 Å². The van der Waals surface area contributed by atoms with Gasteiger partial charge in [0.2, 0.25) is 0 Å². The number of anilines is 1. The molecule has 1 aliphatic carbocycles. The Morgan fingerprint density at radius 2 is 1.90 bits per heavy atom. The van der Waals surface area contributed by atoms with Crippen LogP contribution in [0.5, 0.6) is 0 Å². The van der Waals surface area contributed by atoms with E-state index in [0.717, 1.165) is 22.5 Å². The number of nitrogens with one attached hydrogen (secondary N) is 1. The van der Waals surface area contributed by atoms with Crippen molar-refractivity contribution in [3.63, 3.8) is 0 Å². The molecule has 3 aromatic heterocycles. The van der Waals surface area contributed by atoms with Crippen LogP contribution in [-0.4, -0.2) is 18.3 Å². The van der Waals surface area contributed by atoms with Crippen LogP contribution >= 0.6 is 42.3 Å². The molecule has 3 aromatic rings. The lowest BCUT2D eigenvalue weighted by Gasteiger charge is -2.19. The normalized spacial score (nSPS) is 13.8. The zero-order valence-electron chi connectivity index (χ0n) is 18.3. The zero-order chi connectivity index (χ0) is 22.1. The van der Waals surface area contributed by atoms with E-state index in [1.807, 2.05) is 43.3 Å². The molecule has 162 valence electrons. The Hall–Kier alpha value is -1.13. The van der Waals surface area contributed by atoms with E-state index in [1.54, 1.807) is 16.5 Å². The number of hydrogen-bond acceptors (Lipinski definition) is 5. The lowest BCUT2D eigenvalue weighted by molar-refractivity contribution is 0.805. The molecule has 0 atom stereocenters. The van der Waals surface area contributed by atoms with E-state index in [0.29, 0.717) is 11.4 Å². The van der Waals surface area contributed by atoms with Crippen molar-refractivity contribution in [3.8, 4) is 11.3 Å². The second kappa shape index (κ2) is 9.56. The Balaban J connectivity index is 0.00000124. The maximum atomic E-state index is 12.8. The number of fused-ring (bicyclic) bond motifs is 1. The minimum atomic E-state index is 0.0125. The molecule has 0 bridgehead atoms. The van der Waals surface area contributed by atoms with Crippen molar-refractivity contribution in [1.82, 2.24) is 13.5 Å². The van der Waals surface area contributed by atoms with Crippen molar-refractivity contribution in [1.29, 1.82) is 0 Å². The summed E-state index contributed by atoms with van der Waals surface area (Å²) in [6.45, 7) is 10.5. The third-order valence-corrected chi connectivity index (χ3v) is 7.37. The van der Waals surface area contributed by atoms with Crippen molar-refractivity contribution >= 4 is 59.0 Å². The molecule has 4 rings (SSSR count). The minimum absolute atomic E-state index is 0.0125. The Bertz CT molecular complexity index is 1100. The molecular weight excluding hydrogens is 527 g/mol. The van der Waals surface area contributed by atoms with E-state index in [4.69, 9.17) is 4.98 Å². The summed E-state index contributed by atoms with van der Waals surface area (Å²) >= 11 is 3.87. The molecule has 1 saturated carbocycles. The molecule has 1 N–H and O–H groups in total. The van der Waals surface area contributed by atoms with E-state index in [2.05, 4.69) is 58.8 Å². The van der Waals surface area contributed by atoms with Gasteiger partial charge in [-0.2, -0.15) is 0 Å². The molecule has 0 amide bonds. The lowest BCUT2D eigenvalue weighted by Crippen LogP contribution is -2.18. The first kappa shape index (κ1) is 23.5. The van der Waals surface area contributed by atoms with Crippen molar-refractivity contribution in [2.75, 3.05) is 4.72 Å². The molecule has 0 aromatic carbocycles. The summed E-state index contributed by atoms with van der Waals surface area (Å²) < 4.78 is 7.09. The summed E-state index contributed by atoms with van der Waals surface area (Å²) in [5.74, 6) is 1.42. The highest BCUT2D eigenvalue weighted by Crippen LogP contribution is 2.45. The van der Waals surface area contributed by atoms with Gasteiger partial charge in [-0.1, -0.05) is 19.9 Å². The molecule has 3 heterocycles. The van der Waals surface area contributed by atoms with Crippen LogP contribution in [0.25, 0.3) is 22.2 Å². The fourth-order valence-electron chi connectivity index (χ4n) is 3.25. The first-order valence-electron chi connectivity index (χ1n) is 10.2. The van der Waals surface area contributed by atoms with Crippen LogP contribution in [0.1, 0.15) is 58.9 Å². The van der Waals surface area contributed by atoms with Gasteiger partial charge in [0.25, 0.3) is 5.56 Å². The van der Waals surface area contributed by atoms with Gasteiger partial charge in [-0.3, -0.25) is 8.77 Å². The predicted octanol–water partition coefficient (Wildman–Crippen LogP) is 7.01. The average molecular weight is 557 g/mol. The Morgan fingerprint density at radius 3 is 2.50 bits per heavy atom. The minimum Gasteiger partial charge on any atom is -0.316 e. The van der Waals surface area contributed by atoms with E-state index < -0.39 is 0 Å². The number of nitrogens with zero attached hydrogens (tertiary/aromatic N) is 3. The van der Waals surface area contributed by atoms with Gasteiger partial charge in [0.15, 0.2) is 0 Å². The predicted molar refractivity (Wildman–Crippen MR) is 142 cm³/mol. The van der Waals surface area contributed by atoms with Crippen molar-refractivity contribution in [2.45, 2.75) is 58.1 Å². The van der Waals surface area contributed by atoms with Gasteiger partial charge in [-0.25, -0.2) is 4.98 Å². The average Bonchev–Trinajstić information content (AvgIpc) is 3.48. The molecule has 5 nitrogen and oxygen atoms in total. The largest absolute Gasteiger partial charge is 0.316 e. The SMILES string of the molecule is CC.Cn1cc(-c2nc(NSC(C)(C)C)ccc2C2CC2)c2ccn(SI)c2c1=O. The summed E-state index contributed by atoms with van der Waals surface area (Å²) in [4.78, 5) is 17.8. The third-order valence-electron chi connectivity index (χ3n) is 4.72. The molecule has 0 aliphatic heterocycles. The van der Waals surface area contributed by atoms with Gasteiger partial charge in [0, 0.05) is 65.5 Å². The van der Waals surface area contributed by atoms with Crippen molar-refractivity contribution < 1.29 is 0 Å². The van der Waals surface area contributed by atoms with Crippen LogP contribution < -0.4 is 10.3 Å². The number of rotatable bonds is 5. The smallest absolute Gasteiger partial charge is 0.275 e. The molecule has 0 spiro atoms. The summed E-state index contributed by atoms with van der Waals surface area (Å²) in [7, 11) is 3.32. The van der Waals surface area contributed by atoms with Crippen LogP contribution in [0.15, 0.2) is 35.4 Å². The summed E-state index contributed by atoms with van der Waals surface area (Å²) in [6.07, 6.45) is 6.30. The molecule has 0 saturated heterocycles. The van der Waals surface area contributed by atoms with Crippen molar-refractivity contribution in [3.05, 3.63) is 46.5 Å². The zero-order valence-corrected chi connectivity index (χ0v) is 22.1. The van der Waals surface area contributed by atoms with Crippen LogP contribution in [0.2, 0.25) is 0 Å². The van der Waals surface area contributed by atoms with E-state index in [9.17, 15) is 4.79 Å². The first-order chi connectivity index (χ1) is 14.3. The maximum Gasteiger partial charge on any atom is 0.275 e. The maximum absolute atomic E-state index is 12.8. The first-order valence-corrected chi connectivity index (χ1v) is 14.4. The monoisotopic (exact) mass is 556 g/mol. The van der Waals surface area contributed by atoms with Gasteiger partial charge in [-0.05, 0) is 69.2 Å². The fourth-order valence-corrected chi connectivity index (χ4v) is 5.11. The van der Waals surface area contributed by atoms with E-state index >= 15 is 0 Å². The number of aryl methyl sites for hydroxylation is 1. The molecular formula is C22H29IN4OS2. The molecule has 8 heteroatoms. The van der Waals surface area contributed by atoms with Gasteiger partial charge in [0.05, 0.1) is 5.69 Å². The van der Waals surface area contributed by atoms with Crippen LogP contribution in [0.4, 0.5) is 5.82 Å². The second-order valence-electron chi connectivity index (χ2n) is 8.16. The molecule has 1 aliphatic rings. The second-order valence-corrected chi connectivity index (χ2v) is 11.5. The topological polar surface area (TPSA) is 51.9 Å². The van der Waals surface area contributed by atoms with Gasteiger partial charge >= 0.3 is 0 Å². The number of aromatic nitrogens is 3. The molecule has 0 radical (unpaired) electrons. The summed E-state index contributed by atoms with van der Waals surface area (Å²) in [6, 6.07) is 6.30. The van der Waals surface area contributed by atoms with Gasteiger partial charge in [0.1, 0.15) is 11.3 Å². The highest BCUT2D eigenvalue weighted by atomic mass is 127. The van der Waals surface area contributed by atoms with E-state index in [-0.39, 0.29) is 10.3 Å². The van der Waals surface area contributed by atoms with Crippen molar-refractivity contribution in [2.24, 2.45) is 7.05 Å². The summed E-state index contributed by atoms with van der Waals surface area (Å²) in [5, 5.41) is 0.960. The standard InChI is InChI=1S/C20H23IN4OS2.C2H6/c1-20(2,3)27-23-16-8-7-13(12-5-6-12)17(22-16)15-11-24(4)19(26)18-14(15)9-10-25(18)28-21;1-2/h7-12H,5-6H2,1-4H3,(H,22,23);1-2H3. The van der Waals surface area contributed by atoms with Gasteiger partial charge < -0.3 is 9.29 Å². The summed E-state index contributed by atoms with van der Waals surface area (Å²) in [5.41, 5.74) is 4.01. The molecule has 30 heavy (non-hydrogen) atoms. The lowest BCUT2D eigenvalue weighted by atomic mass is 10.0.